The third-order valence-corrected chi connectivity index (χ3v) is 6.00. The average molecular weight is 478 g/mol. The lowest BCUT2D eigenvalue weighted by atomic mass is 10.0. The molecule has 0 bridgehead atoms. The number of anilines is 2. The number of cyclic esters (lactones) is 1. The van der Waals surface area contributed by atoms with Gasteiger partial charge in [-0.15, -0.1) is 0 Å². The summed E-state index contributed by atoms with van der Waals surface area (Å²) in [5, 5.41) is 10.1. The summed E-state index contributed by atoms with van der Waals surface area (Å²) in [6.45, 7) is 4.64. The molecular weight excluding hydrogens is 453 g/mol. The van der Waals surface area contributed by atoms with Crippen LogP contribution in [0.5, 0.6) is 0 Å². The Bertz CT molecular complexity index is 1060. The molecule has 3 heterocycles. The number of halogens is 3. The minimum absolute atomic E-state index is 0.198. The van der Waals surface area contributed by atoms with E-state index in [1.165, 1.54) is 34.2 Å². The predicted molar refractivity (Wildman–Crippen MR) is 118 cm³/mol. The number of hydrogen-bond acceptors (Lipinski definition) is 6. The molecule has 2 aliphatic rings. The van der Waals surface area contributed by atoms with Crippen LogP contribution in [-0.2, 0) is 10.9 Å². The molecule has 2 amide bonds. The second-order valence-corrected chi connectivity index (χ2v) is 8.83. The van der Waals surface area contributed by atoms with Crippen LogP contribution < -0.4 is 9.80 Å². The fourth-order valence-electron chi connectivity index (χ4n) is 3.99. The summed E-state index contributed by atoms with van der Waals surface area (Å²) in [4.78, 5) is 34.1. The summed E-state index contributed by atoms with van der Waals surface area (Å²) in [6.07, 6.45) is -4.30. The SMILES string of the molecule is CC(C)(O)[C@H]1CN(c2ccc(N3CCN(C(=O)c4ccccc4C(F)(F)F)CC3)nc2)C(=O)O1. The Kier molecular flexibility index (Phi) is 6.15. The number of ether oxygens (including phenoxy) is 1. The molecule has 0 unspecified atom stereocenters. The Morgan fingerprint density at radius 1 is 1.09 bits per heavy atom. The highest BCUT2D eigenvalue weighted by Crippen LogP contribution is 2.33. The molecule has 1 aromatic heterocycles. The Balaban J connectivity index is 1.39. The molecule has 182 valence electrons. The second-order valence-electron chi connectivity index (χ2n) is 8.83. The van der Waals surface area contributed by atoms with Gasteiger partial charge in [-0.25, -0.2) is 9.78 Å². The molecular formula is C23H25F3N4O4. The third kappa shape index (κ3) is 4.79. The number of benzene rings is 1. The van der Waals surface area contributed by atoms with E-state index < -0.39 is 35.4 Å². The van der Waals surface area contributed by atoms with Crippen LogP contribution in [0.25, 0.3) is 0 Å². The summed E-state index contributed by atoms with van der Waals surface area (Å²) in [6, 6.07) is 8.24. The molecule has 34 heavy (non-hydrogen) atoms. The maximum absolute atomic E-state index is 13.3. The standard InChI is InChI=1S/C23H25F3N4O4/c1-22(2,33)18-14-30(21(32)34-18)15-7-8-19(27-13-15)28-9-11-29(12-10-28)20(31)16-5-3-4-6-17(16)23(24,25)26/h3-8,13,18,33H,9-12,14H2,1-2H3/t18-/m1/s1. The number of nitrogens with zero attached hydrogens (tertiary/aromatic N) is 4. The van der Waals surface area contributed by atoms with E-state index in [-0.39, 0.29) is 25.2 Å². The van der Waals surface area contributed by atoms with Gasteiger partial charge in [0.25, 0.3) is 5.91 Å². The van der Waals surface area contributed by atoms with Crippen LogP contribution >= 0.6 is 0 Å². The molecule has 1 aromatic carbocycles. The molecule has 1 N–H and O–H groups in total. The van der Waals surface area contributed by atoms with Gasteiger partial charge in [-0.2, -0.15) is 13.2 Å². The van der Waals surface area contributed by atoms with Gasteiger partial charge in [-0.3, -0.25) is 9.69 Å². The summed E-state index contributed by atoms with van der Waals surface area (Å²) >= 11 is 0. The van der Waals surface area contributed by atoms with Crippen LogP contribution in [0.4, 0.5) is 29.5 Å². The summed E-state index contributed by atoms with van der Waals surface area (Å²) < 4.78 is 45.1. The van der Waals surface area contributed by atoms with Gasteiger partial charge < -0.3 is 19.6 Å². The van der Waals surface area contributed by atoms with Crippen LogP contribution in [-0.4, -0.2) is 71.4 Å². The largest absolute Gasteiger partial charge is 0.441 e. The van der Waals surface area contributed by atoms with Crippen LogP contribution in [0.3, 0.4) is 0 Å². The van der Waals surface area contributed by atoms with E-state index in [0.29, 0.717) is 24.6 Å². The molecule has 11 heteroatoms. The van der Waals surface area contributed by atoms with Crippen molar-refractivity contribution < 1.29 is 32.6 Å². The van der Waals surface area contributed by atoms with Crippen LogP contribution in [0.15, 0.2) is 42.6 Å². The average Bonchev–Trinajstić information content (AvgIpc) is 3.20. The first kappa shape index (κ1) is 23.8. The van der Waals surface area contributed by atoms with Crippen molar-refractivity contribution in [1.82, 2.24) is 9.88 Å². The summed E-state index contributed by atoms with van der Waals surface area (Å²) in [7, 11) is 0. The highest BCUT2D eigenvalue weighted by atomic mass is 19.4. The van der Waals surface area contributed by atoms with Crippen molar-refractivity contribution in [3.05, 3.63) is 53.7 Å². The highest BCUT2D eigenvalue weighted by Gasteiger charge is 2.41. The van der Waals surface area contributed by atoms with Crippen molar-refractivity contribution in [1.29, 1.82) is 0 Å². The number of carbonyl (C=O) groups excluding carboxylic acids is 2. The topological polar surface area (TPSA) is 86.2 Å². The molecule has 0 spiro atoms. The van der Waals surface area contributed by atoms with Gasteiger partial charge in [0.15, 0.2) is 0 Å². The maximum atomic E-state index is 13.3. The Morgan fingerprint density at radius 2 is 1.76 bits per heavy atom. The molecule has 2 aliphatic heterocycles. The Labute approximate surface area is 194 Å². The first-order chi connectivity index (χ1) is 15.9. The lowest BCUT2D eigenvalue weighted by molar-refractivity contribution is -0.138. The Hall–Kier alpha value is -3.34. The van der Waals surface area contributed by atoms with E-state index in [9.17, 15) is 27.9 Å². The highest BCUT2D eigenvalue weighted by molar-refractivity contribution is 5.96. The van der Waals surface area contributed by atoms with Gasteiger partial charge in [0.1, 0.15) is 11.9 Å². The van der Waals surface area contributed by atoms with Crippen LogP contribution in [0, 0.1) is 0 Å². The van der Waals surface area contributed by atoms with E-state index in [0.717, 1.165) is 6.07 Å². The number of hydrogen-bond donors (Lipinski definition) is 1. The normalized spacial score (nSPS) is 19.4. The summed E-state index contributed by atoms with van der Waals surface area (Å²) in [5.74, 6) is -0.0251. The van der Waals surface area contributed by atoms with Crippen molar-refractivity contribution in [2.75, 3.05) is 42.5 Å². The zero-order valence-corrected chi connectivity index (χ0v) is 18.7. The number of amides is 2. The van der Waals surface area contributed by atoms with Gasteiger partial charge >= 0.3 is 12.3 Å². The van der Waals surface area contributed by atoms with Gasteiger partial charge in [0.05, 0.1) is 35.2 Å². The van der Waals surface area contributed by atoms with Crippen LogP contribution in [0.1, 0.15) is 29.8 Å². The number of aromatic nitrogens is 1. The van der Waals surface area contributed by atoms with E-state index >= 15 is 0 Å². The fraction of sp³-hybridized carbons (Fsp3) is 0.435. The molecule has 4 rings (SSSR count). The van der Waals surface area contributed by atoms with Gasteiger partial charge in [0.2, 0.25) is 0 Å². The molecule has 0 saturated carbocycles. The Morgan fingerprint density at radius 3 is 2.32 bits per heavy atom. The van der Waals surface area contributed by atoms with Crippen molar-refractivity contribution >= 4 is 23.5 Å². The second kappa shape index (κ2) is 8.79. The number of rotatable bonds is 4. The number of aliphatic hydroxyl groups is 1. The molecule has 1 atom stereocenters. The lowest BCUT2D eigenvalue weighted by Gasteiger charge is -2.35. The minimum Gasteiger partial charge on any atom is -0.441 e. The van der Waals surface area contributed by atoms with Gasteiger partial charge in [-0.1, -0.05) is 12.1 Å². The quantitative estimate of drug-likeness (QED) is 0.727. The van der Waals surface area contributed by atoms with Crippen molar-refractivity contribution in [2.45, 2.75) is 31.7 Å². The molecule has 2 saturated heterocycles. The molecule has 2 aromatic rings. The molecule has 0 radical (unpaired) electrons. The van der Waals surface area contributed by atoms with Gasteiger partial charge in [-0.05, 0) is 38.1 Å². The number of alkyl halides is 3. The van der Waals surface area contributed by atoms with E-state index in [4.69, 9.17) is 4.74 Å². The number of pyridine rings is 1. The molecule has 8 nitrogen and oxygen atoms in total. The first-order valence-corrected chi connectivity index (χ1v) is 10.8. The van der Waals surface area contributed by atoms with Crippen molar-refractivity contribution in [2.24, 2.45) is 0 Å². The first-order valence-electron chi connectivity index (χ1n) is 10.8. The maximum Gasteiger partial charge on any atom is 0.417 e. The number of carbonyl (C=O) groups is 2. The fourth-order valence-corrected chi connectivity index (χ4v) is 3.99. The smallest absolute Gasteiger partial charge is 0.417 e. The van der Waals surface area contributed by atoms with Gasteiger partial charge in [0, 0.05) is 26.2 Å². The predicted octanol–water partition coefficient (Wildman–Crippen LogP) is 3.16. The monoisotopic (exact) mass is 478 g/mol. The number of piperazine rings is 1. The molecule has 2 fully saturated rings. The van der Waals surface area contributed by atoms with Crippen molar-refractivity contribution in [3.63, 3.8) is 0 Å². The zero-order valence-electron chi connectivity index (χ0n) is 18.7. The lowest BCUT2D eigenvalue weighted by Crippen LogP contribution is -2.49. The zero-order chi connectivity index (χ0) is 24.7. The van der Waals surface area contributed by atoms with E-state index in [2.05, 4.69) is 4.98 Å². The van der Waals surface area contributed by atoms with E-state index in [1.807, 2.05) is 4.90 Å². The molecule has 0 aliphatic carbocycles. The third-order valence-electron chi connectivity index (χ3n) is 6.00. The van der Waals surface area contributed by atoms with E-state index in [1.54, 1.807) is 26.0 Å². The summed E-state index contributed by atoms with van der Waals surface area (Å²) in [5.41, 5.74) is -1.94. The minimum atomic E-state index is -4.60. The van der Waals surface area contributed by atoms with Crippen LogP contribution in [0.2, 0.25) is 0 Å². The van der Waals surface area contributed by atoms with Crippen molar-refractivity contribution in [3.8, 4) is 0 Å².